The molecule has 0 heterocycles. The van der Waals surface area contributed by atoms with Gasteiger partial charge < -0.3 is 14.8 Å². The summed E-state index contributed by atoms with van der Waals surface area (Å²) < 4.78 is 10.5. The van der Waals surface area contributed by atoms with Crippen molar-refractivity contribution in [1.82, 2.24) is 5.32 Å². The van der Waals surface area contributed by atoms with Crippen LogP contribution in [0.4, 0.5) is 0 Å². The van der Waals surface area contributed by atoms with E-state index < -0.39 is 0 Å². The van der Waals surface area contributed by atoms with Gasteiger partial charge in [-0.3, -0.25) is 4.79 Å². The molecule has 0 unspecified atom stereocenters. The quantitative estimate of drug-likeness (QED) is 0.528. The van der Waals surface area contributed by atoms with E-state index in [4.69, 9.17) is 9.47 Å². The van der Waals surface area contributed by atoms with E-state index in [0.29, 0.717) is 13.0 Å². The number of hydrogen-bond donors (Lipinski definition) is 1. The molecule has 0 aromatic heterocycles. The topological polar surface area (TPSA) is 47.6 Å². The predicted octanol–water partition coefficient (Wildman–Crippen LogP) is 2.91. The van der Waals surface area contributed by atoms with Crippen LogP contribution < -0.4 is 10.1 Å². The van der Waals surface area contributed by atoms with Gasteiger partial charge in [-0.05, 0) is 44.0 Å². The van der Waals surface area contributed by atoms with Gasteiger partial charge in [-0.15, -0.1) is 0 Å². The van der Waals surface area contributed by atoms with Crippen LogP contribution in [-0.2, 0) is 16.1 Å². The summed E-state index contributed by atoms with van der Waals surface area (Å²) in [5.41, 5.74) is 1.19. The normalized spacial score (nSPS) is 10.3. The van der Waals surface area contributed by atoms with Crippen LogP contribution in [0, 0.1) is 0 Å². The Hall–Kier alpha value is -1.55. The number of nitrogens with one attached hydrogen (secondary N) is 1. The lowest BCUT2D eigenvalue weighted by Gasteiger charge is -2.08. The van der Waals surface area contributed by atoms with E-state index in [1.807, 2.05) is 25.1 Å². The Morgan fingerprint density at radius 1 is 1.30 bits per heavy atom. The average Bonchev–Trinajstić information content (AvgIpc) is 2.45. The Kier molecular flexibility index (Phi) is 8.47. The first kappa shape index (κ1) is 16.5. The van der Waals surface area contributed by atoms with Crippen LogP contribution in [0.2, 0.25) is 0 Å². The maximum absolute atomic E-state index is 11.2. The van der Waals surface area contributed by atoms with Crippen LogP contribution >= 0.6 is 0 Å². The van der Waals surface area contributed by atoms with Gasteiger partial charge in [-0.1, -0.05) is 19.1 Å². The minimum atomic E-state index is -0.121. The lowest BCUT2D eigenvalue weighted by atomic mass is 10.2. The smallest absolute Gasteiger partial charge is 0.305 e. The molecule has 0 saturated heterocycles. The van der Waals surface area contributed by atoms with Crippen LogP contribution in [0.25, 0.3) is 0 Å². The molecule has 0 aliphatic heterocycles. The van der Waals surface area contributed by atoms with Gasteiger partial charge in [0.1, 0.15) is 5.75 Å². The summed E-state index contributed by atoms with van der Waals surface area (Å²) in [4.78, 5) is 11.2. The Bertz CT molecular complexity index is 393. The number of ether oxygens (including phenoxy) is 2. The number of rotatable bonds is 10. The molecule has 0 bridgehead atoms. The van der Waals surface area contributed by atoms with Gasteiger partial charge in [0, 0.05) is 13.0 Å². The molecule has 0 radical (unpaired) electrons. The van der Waals surface area contributed by atoms with Crippen molar-refractivity contribution in [3.63, 3.8) is 0 Å². The predicted molar refractivity (Wildman–Crippen MR) is 79.8 cm³/mol. The maximum atomic E-state index is 11.2. The third-order valence-electron chi connectivity index (χ3n) is 2.74. The summed E-state index contributed by atoms with van der Waals surface area (Å²) in [5.74, 6) is 0.793. The van der Waals surface area contributed by atoms with Crippen molar-refractivity contribution in [1.29, 1.82) is 0 Å². The molecule has 0 saturated carbocycles. The molecule has 0 spiro atoms. The molecule has 20 heavy (non-hydrogen) atoms. The zero-order valence-electron chi connectivity index (χ0n) is 12.5. The van der Waals surface area contributed by atoms with E-state index in [1.54, 1.807) is 0 Å². The van der Waals surface area contributed by atoms with Crippen molar-refractivity contribution >= 4 is 5.97 Å². The van der Waals surface area contributed by atoms with Gasteiger partial charge in [0.2, 0.25) is 0 Å². The van der Waals surface area contributed by atoms with Crippen LogP contribution in [0.5, 0.6) is 5.75 Å². The van der Waals surface area contributed by atoms with E-state index in [0.717, 1.165) is 38.3 Å². The Labute approximate surface area is 121 Å². The summed E-state index contributed by atoms with van der Waals surface area (Å²) in [6.07, 6.45) is 2.28. The highest BCUT2D eigenvalue weighted by molar-refractivity contribution is 5.69. The van der Waals surface area contributed by atoms with Gasteiger partial charge in [0.15, 0.2) is 0 Å². The van der Waals surface area contributed by atoms with Crippen LogP contribution in [0.3, 0.4) is 0 Å². The Morgan fingerprint density at radius 2 is 2.15 bits per heavy atom. The third kappa shape index (κ3) is 7.14. The standard InChI is InChI=1S/C16H25NO3/c1-3-11-20-15-8-5-7-14(12-15)13-17-10-6-9-16(18)19-4-2/h5,7-8,12,17H,3-4,6,9-11,13H2,1-2H3. The van der Waals surface area contributed by atoms with Crippen molar-refractivity contribution in [2.24, 2.45) is 0 Å². The zero-order chi connectivity index (χ0) is 14.6. The monoisotopic (exact) mass is 279 g/mol. The summed E-state index contributed by atoms with van der Waals surface area (Å²) >= 11 is 0. The highest BCUT2D eigenvalue weighted by atomic mass is 16.5. The van der Waals surface area contributed by atoms with Crippen molar-refractivity contribution in [3.05, 3.63) is 29.8 Å². The van der Waals surface area contributed by atoms with Crippen molar-refractivity contribution in [2.75, 3.05) is 19.8 Å². The van der Waals surface area contributed by atoms with Gasteiger partial charge in [0.05, 0.1) is 13.2 Å². The van der Waals surface area contributed by atoms with Gasteiger partial charge >= 0.3 is 5.97 Å². The lowest BCUT2D eigenvalue weighted by Crippen LogP contribution is -2.16. The largest absolute Gasteiger partial charge is 0.494 e. The van der Waals surface area contributed by atoms with Gasteiger partial charge in [0.25, 0.3) is 0 Å². The SMILES string of the molecule is CCCOc1cccc(CNCCCC(=O)OCC)c1. The molecule has 0 aliphatic carbocycles. The third-order valence-corrected chi connectivity index (χ3v) is 2.74. The minimum Gasteiger partial charge on any atom is -0.494 e. The molecule has 4 nitrogen and oxygen atoms in total. The first-order valence-corrected chi connectivity index (χ1v) is 7.34. The minimum absolute atomic E-state index is 0.121. The van der Waals surface area contributed by atoms with E-state index in [9.17, 15) is 4.79 Å². The molecule has 0 aliphatic rings. The summed E-state index contributed by atoms with van der Waals surface area (Å²) in [5, 5.41) is 3.32. The van der Waals surface area contributed by atoms with Crippen molar-refractivity contribution in [2.45, 2.75) is 39.7 Å². The fourth-order valence-electron chi connectivity index (χ4n) is 1.79. The molecule has 0 amide bonds. The van der Waals surface area contributed by atoms with E-state index in [2.05, 4.69) is 18.3 Å². The zero-order valence-corrected chi connectivity index (χ0v) is 12.5. The summed E-state index contributed by atoms with van der Waals surface area (Å²) in [7, 11) is 0. The molecule has 0 fully saturated rings. The first-order chi connectivity index (χ1) is 9.76. The van der Waals surface area contributed by atoms with E-state index in [-0.39, 0.29) is 5.97 Å². The number of hydrogen-bond acceptors (Lipinski definition) is 4. The van der Waals surface area contributed by atoms with Gasteiger partial charge in [-0.25, -0.2) is 0 Å². The fraction of sp³-hybridized carbons (Fsp3) is 0.562. The lowest BCUT2D eigenvalue weighted by molar-refractivity contribution is -0.143. The van der Waals surface area contributed by atoms with Crippen molar-refractivity contribution in [3.8, 4) is 5.75 Å². The molecule has 1 N–H and O–H groups in total. The fourth-order valence-corrected chi connectivity index (χ4v) is 1.79. The highest BCUT2D eigenvalue weighted by Crippen LogP contribution is 2.13. The Balaban J connectivity index is 2.19. The molecular formula is C16H25NO3. The number of carbonyl (C=O) groups is 1. The second kappa shape index (κ2) is 10.3. The van der Waals surface area contributed by atoms with Crippen LogP contribution in [-0.4, -0.2) is 25.7 Å². The average molecular weight is 279 g/mol. The van der Waals surface area contributed by atoms with E-state index in [1.165, 1.54) is 5.56 Å². The molecule has 1 rings (SSSR count). The molecule has 1 aromatic carbocycles. The second-order valence-electron chi connectivity index (χ2n) is 4.58. The van der Waals surface area contributed by atoms with E-state index >= 15 is 0 Å². The highest BCUT2D eigenvalue weighted by Gasteiger charge is 2.01. The van der Waals surface area contributed by atoms with Crippen molar-refractivity contribution < 1.29 is 14.3 Å². The number of esters is 1. The molecule has 0 atom stereocenters. The molecule has 112 valence electrons. The van der Waals surface area contributed by atoms with Gasteiger partial charge in [-0.2, -0.15) is 0 Å². The second-order valence-corrected chi connectivity index (χ2v) is 4.58. The summed E-state index contributed by atoms with van der Waals surface area (Å²) in [6.45, 7) is 6.71. The first-order valence-electron chi connectivity index (χ1n) is 7.34. The molecule has 1 aromatic rings. The molecule has 4 heteroatoms. The van der Waals surface area contributed by atoms with Crippen LogP contribution in [0.1, 0.15) is 38.7 Å². The summed E-state index contributed by atoms with van der Waals surface area (Å²) in [6, 6.07) is 8.09. The maximum Gasteiger partial charge on any atom is 0.305 e. The Morgan fingerprint density at radius 3 is 2.90 bits per heavy atom. The van der Waals surface area contributed by atoms with Crippen LogP contribution in [0.15, 0.2) is 24.3 Å². The number of carbonyl (C=O) groups excluding carboxylic acids is 1. The number of benzene rings is 1. The molecular weight excluding hydrogens is 254 g/mol.